The average molecular weight is 313 g/mol. The van der Waals surface area contributed by atoms with Gasteiger partial charge in [0.1, 0.15) is 0 Å². The number of carbonyl (C=O) groups is 1. The first-order valence-corrected chi connectivity index (χ1v) is 6.54. The zero-order valence-electron chi connectivity index (χ0n) is 10.4. The molecule has 0 fully saturated rings. The van der Waals surface area contributed by atoms with Gasteiger partial charge in [0.05, 0.1) is 18.8 Å². The summed E-state index contributed by atoms with van der Waals surface area (Å²) in [5, 5.41) is 0. The molecule has 0 amide bonds. The van der Waals surface area contributed by atoms with Crippen LogP contribution in [0.25, 0.3) is 0 Å². The van der Waals surface area contributed by atoms with Crippen LogP contribution in [0.4, 0.5) is 0 Å². The number of nitrogens with zero attached hydrogens (tertiary/aromatic N) is 2. The van der Waals surface area contributed by atoms with Gasteiger partial charge in [0.2, 0.25) is 0 Å². The van der Waals surface area contributed by atoms with E-state index in [1.807, 2.05) is 17.0 Å². The maximum atomic E-state index is 11.4. The molecule has 0 unspecified atom stereocenters. The molecule has 0 aromatic carbocycles. The Labute approximate surface area is 116 Å². The summed E-state index contributed by atoms with van der Waals surface area (Å²) in [6.45, 7) is 7.35. The molecule has 1 aromatic heterocycles. The lowest BCUT2D eigenvalue weighted by atomic mass is 10.3. The van der Waals surface area contributed by atoms with Gasteiger partial charge in [0.15, 0.2) is 0 Å². The van der Waals surface area contributed by atoms with Gasteiger partial charge in [-0.3, -0.25) is 14.7 Å². The van der Waals surface area contributed by atoms with E-state index in [9.17, 15) is 4.79 Å². The van der Waals surface area contributed by atoms with E-state index in [2.05, 4.69) is 27.5 Å². The topological polar surface area (TPSA) is 42.4 Å². The maximum absolute atomic E-state index is 11.4. The van der Waals surface area contributed by atoms with Gasteiger partial charge in [-0.05, 0) is 35.0 Å². The molecule has 0 aliphatic rings. The highest BCUT2D eigenvalue weighted by Crippen LogP contribution is 2.09. The number of aromatic nitrogens is 1. The number of esters is 1. The van der Waals surface area contributed by atoms with E-state index in [4.69, 9.17) is 4.74 Å². The minimum atomic E-state index is -0.225. The minimum Gasteiger partial charge on any atom is -0.465 e. The molecule has 0 saturated heterocycles. The number of carbonyl (C=O) groups excluding carboxylic acids is 1. The summed E-state index contributed by atoms with van der Waals surface area (Å²) in [6, 6.07) is 3.85. The second kappa shape index (κ2) is 8.00. The van der Waals surface area contributed by atoms with Crippen molar-refractivity contribution < 1.29 is 9.53 Å². The first-order valence-electron chi connectivity index (χ1n) is 5.75. The molecule has 18 heavy (non-hydrogen) atoms. The molecule has 0 spiro atoms. The molecule has 1 heterocycles. The van der Waals surface area contributed by atoms with Crippen LogP contribution in [-0.2, 0) is 16.1 Å². The van der Waals surface area contributed by atoms with Gasteiger partial charge in [-0.1, -0.05) is 6.08 Å². The minimum absolute atomic E-state index is 0.225. The van der Waals surface area contributed by atoms with Crippen LogP contribution >= 0.6 is 15.9 Å². The van der Waals surface area contributed by atoms with Crippen molar-refractivity contribution in [2.45, 2.75) is 13.5 Å². The third-order valence-corrected chi connectivity index (χ3v) is 2.69. The summed E-state index contributed by atoms with van der Waals surface area (Å²) in [7, 11) is 0. The lowest BCUT2D eigenvalue weighted by molar-refractivity contribution is -0.144. The Bertz CT molecular complexity index is 392. The van der Waals surface area contributed by atoms with Crippen LogP contribution in [0.3, 0.4) is 0 Å². The molecule has 0 aliphatic carbocycles. The van der Waals surface area contributed by atoms with E-state index < -0.39 is 0 Å². The molecule has 0 atom stereocenters. The lowest BCUT2D eigenvalue weighted by Crippen LogP contribution is -2.31. The standard InChI is InChI=1S/C13H17BrN2O2/c1-3-7-16(10-13(17)18-4-2)9-12-6-5-11(14)8-15-12/h3,5-6,8H,1,4,7,9-10H2,2H3. The fourth-order valence-electron chi connectivity index (χ4n) is 1.49. The SMILES string of the molecule is C=CCN(CC(=O)OCC)Cc1ccc(Br)cn1. The summed E-state index contributed by atoms with van der Waals surface area (Å²) in [4.78, 5) is 17.7. The summed E-state index contributed by atoms with van der Waals surface area (Å²) >= 11 is 3.34. The van der Waals surface area contributed by atoms with Crippen LogP contribution < -0.4 is 0 Å². The molecule has 0 bridgehead atoms. The quantitative estimate of drug-likeness (QED) is 0.573. The molecule has 0 radical (unpaired) electrons. The summed E-state index contributed by atoms with van der Waals surface area (Å²) in [5.41, 5.74) is 0.907. The van der Waals surface area contributed by atoms with Crippen molar-refractivity contribution in [3.8, 4) is 0 Å². The molecule has 0 N–H and O–H groups in total. The summed E-state index contributed by atoms with van der Waals surface area (Å²) in [5.74, 6) is -0.225. The van der Waals surface area contributed by atoms with Gasteiger partial charge in [-0.15, -0.1) is 6.58 Å². The van der Waals surface area contributed by atoms with Gasteiger partial charge in [0.25, 0.3) is 0 Å². The lowest BCUT2D eigenvalue weighted by Gasteiger charge is -2.18. The van der Waals surface area contributed by atoms with E-state index in [0.717, 1.165) is 10.2 Å². The zero-order chi connectivity index (χ0) is 13.4. The Morgan fingerprint density at radius 3 is 2.94 bits per heavy atom. The van der Waals surface area contributed by atoms with Crippen LogP contribution in [0.1, 0.15) is 12.6 Å². The van der Waals surface area contributed by atoms with Crippen LogP contribution in [0.2, 0.25) is 0 Å². The third-order valence-electron chi connectivity index (χ3n) is 2.22. The summed E-state index contributed by atoms with van der Waals surface area (Å²) < 4.78 is 5.87. The van der Waals surface area contributed by atoms with Gasteiger partial charge in [-0.2, -0.15) is 0 Å². The van der Waals surface area contributed by atoms with Crippen molar-refractivity contribution in [1.29, 1.82) is 0 Å². The molecule has 4 nitrogen and oxygen atoms in total. The van der Waals surface area contributed by atoms with Crippen molar-refractivity contribution in [2.75, 3.05) is 19.7 Å². The smallest absolute Gasteiger partial charge is 0.320 e. The third kappa shape index (κ3) is 5.42. The highest BCUT2D eigenvalue weighted by molar-refractivity contribution is 9.10. The van der Waals surface area contributed by atoms with Crippen LogP contribution in [0, 0.1) is 0 Å². The Morgan fingerprint density at radius 1 is 1.61 bits per heavy atom. The maximum Gasteiger partial charge on any atom is 0.320 e. The molecule has 0 saturated carbocycles. The van der Waals surface area contributed by atoms with Crippen LogP contribution in [-0.4, -0.2) is 35.5 Å². The molecule has 1 aromatic rings. The van der Waals surface area contributed by atoms with Gasteiger partial charge in [-0.25, -0.2) is 0 Å². The molecule has 1 rings (SSSR count). The van der Waals surface area contributed by atoms with Crippen LogP contribution in [0.15, 0.2) is 35.5 Å². The van der Waals surface area contributed by atoms with E-state index in [0.29, 0.717) is 19.7 Å². The molecule has 0 aliphatic heterocycles. The first kappa shape index (κ1) is 14.9. The number of halogens is 1. The van der Waals surface area contributed by atoms with Crippen molar-refractivity contribution in [2.24, 2.45) is 0 Å². The average Bonchev–Trinajstić information content (AvgIpc) is 2.32. The highest BCUT2D eigenvalue weighted by Gasteiger charge is 2.11. The Balaban J connectivity index is 2.59. The van der Waals surface area contributed by atoms with E-state index in [1.165, 1.54) is 0 Å². The molecule has 5 heteroatoms. The number of rotatable bonds is 7. The number of hydrogen-bond acceptors (Lipinski definition) is 4. The predicted octanol–water partition coefficient (Wildman–Crippen LogP) is 2.40. The Kier molecular flexibility index (Phi) is 6.60. The molecule has 98 valence electrons. The van der Waals surface area contributed by atoms with Crippen molar-refractivity contribution >= 4 is 21.9 Å². The normalized spacial score (nSPS) is 10.4. The van der Waals surface area contributed by atoms with Crippen molar-refractivity contribution in [3.05, 3.63) is 41.2 Å². The Morgan fingerprint density at radius 2 is 2.39 bits per heavy atom. The second-order valence-corrected chi connectivity index (χ2v) is 4.65. The van der Waals surface area contributed by atoms with Gasteiger partial charge < -0.3 is 4.74 Å². The molecular weight excluding hydrogens is 296 g/mol. The first-order chi connectivity index (χ1) is 8.65. The van der Waals surface area contributed by atoms with Crippen molar-refractivity contribution in [3.63, 3.8) is 0 Å². The fourth-order valence-corrected chi connectivity index (χ4v) is 1.72. The fraction of sp³-hybridized carbons (Fsp3) is 0.385. The summed E-state index contributed by atoms with van der Waals surface area (Å²) in [6.07, 6.45) is 3.50. The number of ether oxygens (including phenoxy) is 1. The predicted molar refractivity (Wildman–Crippen MR) is 74.0 cm³/mol. The van der Waals surface area contributed by atoms with Gasteiger partial charge in [0, 0.05) is 23.8 Å². The monoisotopic (exact) mass is 312 g/mol. The van der Waals surface area contributed by atoms with E-state index in [-0.39, 0.29) is 12.5 Å². The van der Waals surface area contributed by atoms with E-state index >= 15 is 0 Å². The van der Waals surface area contributed by atoms with Gasteiger partial charge >= 0.3 is 5.97 Å². The van der Waals surface area contributed by atoms with Crippen LogP contribution in [0.5, 0.6) is 0 Å². The second-order valence-electron chi connectivity index (χ2n) is 3.73. The highest BCUT2D eigenvalue weighted by atomic mass is 79.9. The largest absolute Gasteiger partial charge is 0.465 e. The molecular formula is C13H17BrN2O2. The zero-order valence-corrected chi connectivity index (χ0v) is 12.0. The number of hydrogen-bond donors (Lipinski definition) is 0. The number of pyridine rings is 1. The van der Waals surface area contributed by atoms with E-state index in [1.54, 1.807) is 19.2 Å². The Hall–Kier alpha value is -1.20. The van der Waals surface area contributed by atoms with Crippen molar-refractivity contribution in [1.82, 2.24) is 9.88 Å².